The number of hydrogen-bond acceptors (Lipinski definition) is 10. The summed E-state index contributed by atoms with van der Waals surface area (Å²) < 4.78 is 11.0. The Morgan fingerprint density at radius 3 is 2.59 bits per heavy atom. The van der Waals surface area contributed by atoms with Gasteiger partial charge in [-0.1, -0.05) is 11.2 Å². The number of aromatic nitrogens is 4. The lowest BCUT2D eigenvalue weighted by atomic mass is 9.49. The molecule has 5 rings (SSSR count). The fourth-order valence-corrected chi connectivity index (χ4v) is 3.72. The van der Waals surface area contributed by atoms with Gasteiger partial charge in [-0.15, -0.1) is 10.2 Å². The van der Waals surface area contributed by atoms with Gasteiger partial charge < -0.3 is 30.3 Å². The van der Waals surface area contributed by atoms with E-state index in [-0.39, 0.29) is 35.1 Å². The lowest BCUT2D eigenvalue weighted by Crippen LogP contribution is -2.50. The number of hydrogen-bond donors (Lipinski definition) is 4. The van der Waals surface area contributed by atoms with Crippen molar-refractivity contribution in [3.05, 3.63) is 35.9 Å². The smallest absolute Gasteiger partial charge is 0.272 e. The van der Waals surface area contributed by atoms with Gasteiger partial charge in [-0.3, -0.25) is 9.59 Å². The van der Waals surface area contributed by atoms with Crippen LogP contribution in [0.2, 0.25) is 0 Å². The Balaban J connectivity index is 1.50. The molecule has 0 bridgehead atoms. The number of methoxy groups -OCH3 is 1. The Bertz CT molecular complexity index is 1370. The summed E-state index contributed by atoms with van der Waals surface area (Å²) in [5.74, 6) is 0.454. The molecule has 1 aromatic carbocycles. The minimum Gasteiger partial charge on any atom is -0.494 e. The number of aliphatic hydroxyl groups is 1. The van der Waals surface area contributed by atoms with Crippen LogP contribution in [0.25, 0.3) is 11.4 Å². The summed E-state index contributed by atoms with van der Waals surface area (Å²) >= 11 is 0. The number of nitrogens with one attached hydrogen (secondary N) is 3. The standard InChI is InChI=1S/C22H26B3N7O5/c1-36-16-11(17-28-20(37-32-17)21(35)7-8-21)3-2-4-12(16)26-13-9-14(27-18(33)10-5-6-10)30-31-15(13)19(34)29-22(23,24)25/h2-4,9-10,35H,5-8,23-25H2,1H3,(H,29,34)(H2,26,27,30,33). The number of nitrogens with zero attached hydrogens (tertiary/aromatic N) is 4. The second-order valence-electron chi connectivity index (χ2n) is 10.4. The van der Waals surface area contributed by atoms with Crippen LogP contribution in [0.4, 0.5) is 17.2 Å². The number of rotatable bonds is 9. The summed E-state index contributed by atoms with van der Waals surface area (Å²) in [6.45, 7) is 0. The fraction of sp³-hybridized carbons (Fsp3) is 0.364. The highest BCUT2D eigenvalue weighted by atomic mass is 16.5. The SMILES string of the molecule is BC(B)(B)NC(=O)c1nnc(NC(=O)C2CC2)cc1Nc1cccc(-c2noc(C3(O)CC3)n2)c1OC. The summed E-state index contributed by atoms with van der Waals surface area (Å²) in [4.78, 5) is 29.7. The van der Waals surface area contributed by atoms with Gasteiger partial charge in [0, 0.05) is 12.0 Å². The molecule has 2 fully saturated rings. The van der Waals surface area contributed by atoms with E-state index in [1.807, 2.05) is 23.5 Å². The van der Waals surface area contributed by atoms with Crippen molar-refractivity contribution in [2.45, 2.75) is 36.5 Å². The van der Waals surface area contributed by atoms with Gasteiger partial charge in [-0.05, 0) is 43.1 Å². The van der Waals surface area contributed by atoms with Gasteiger partial charge in [0.25, 0.3) is 11.8 Å². The summed E-state index contributed by atoms with van der Waals surface area (Å²) in [5.41, 5.74) is 0.322. The molecule has 0 saturated heterocycles. The molecule has 37 heavy (non-hydrogen) atoms. The molecule has 2 aliphatic rings. The van der Waals surface area contributed by atoms with E-state index in [1.54, 1.807) is 24.3 Å². The predicted octanol–water partition coefficient (Wildman–Crippen LogP) is -1.15. The number of carbonyl (C=O) groups is 2. The van der Waals surface area contributed by atoms with E-state index in [0.717, 1.165) is 12.8 Å². The molecule has 188 valence electrons. The van der Waals surface area contributed by atoms with Crippen LogP contribution in [0.15, 0.2) is 28.8 Å². The van der Waals surface area contributed by atoms with Crippen molar-refractivity contribution in [1.29, 1.82) is 0 Å². The molecular weight excluding hydrogens is 475 g/mol. The summed E-state index contributed by atoms with van der Waals surface area (Å²) in [6, 6.07) is 6.84. The zero-order valence-corrected chi connectivity index (χ0v) is 21.1. The third kappa shape index (κ3) is 5.46. The predicted molar refractivity (Wildman–Crippen MR) is 142 cm³/mol. The van der Waals surface area contributed by atoms with Crippen LogP contribution in [0.5, 0.6) is 5.75 Å². The van der Waals surface area contributed by atoms with Crippen LogP contribution in [0.3, 0.4) is 0 Å². The molecule has 12 nitrogen and oxygen atoms in total. The second-order valence-corrected chi connectivity index (χ2v) is 10.4. The first-order valence-corrected chi connectivity index (χ1v) is 12.1. The van der Waals surface area contributed by atoms with Gasteiger partial charge in [0.05, 0.1) is 24.0 Å². The molecule has 4 N–H and O–H groups in total. The quantitative estimate of drug-likeness (QED) is 0.264. The number of benzene rings is 1. The minimum absolute atomic E-state index is 0.0209. The average molecular weight is 501 g/mol. The topological polar surface area (TPSA) is 164 Å². The molecular formula is C22H26B3N7O5. The van der Waals surface area contributed by atoms with E-state index >= 15 is 0 Å². The maximum atomic E-state index is 13.0. The van der Waals surface area contributed by atoms with E-state index in [0.29, 0.717) is 35.5 Å². The Morgan fingerprint density at radius 1 is 1.19 bits per heavy atom. The van der Waals surface area contributed by atoms with Gasteiger partial charge in [0.15, 0.2) is 17.3 Å². The average Bonchev–Trinajstić information content (AvgIpc) is 3.76. The van der Waals surface area contributed by atoms with Crippen molar-refractivity contribution >= 4 is 52.5 Å². The van der Waals surface area contributed by atoms with Crippen LogP contribution < -0.4 is 20.7 Å². The second kappa shape index (κ2) is 9.22. The van der Waals surface area contributed by atoms with Gasteiger partial charge in [0.1, 0.15) is 29.1 Å². The Kier molecular flexibility index (Phi) is 6.18. The molecule has 0 unspecified atom stereocenters. The van der Waals surface area contributed by atoms with Crippen LogP contribution in [0, 0.1) is 5.92 Å². The van der Waals surface area contributed by atoms with Crippen LogP contribution in [-0.4, -0.2) is 73.1 Å². The number of ether oxygens (including phenoxy) is 1. The van der Waals surface area contributed by atoms with Crippen LogP contribution in [-0.2, 0) is 10.4 Å². The van der Waals surface area contributed by atoms with Crippen LogP contribution in [0.1, 0.15) is 42.1 Å². The number of para-hydroxylation sites is 1. The van der Waals surface area contributed by atoms with Crippen molar-refractivity contribution in [3.8, 4) is 17.1 Å². The maximum absolute atomic E-state index is 13.0. The molecule has 15 heteroatoms. The lowest BCUT2D eigenvalue weighted by Gasteiger charge is -2.21. The van der Waals surface area contributed by atoms with Gasteiger partial charge >= 0.3 is 0 Å². The summed E-state index contributed by atoms with van der Waals surface area (Å²) in [6.07, 6.45) is 2.83. The first-order valence-electron chi connectivity index (χ1n) is 12.1. The third-order valence-corrected chi connectivity index (χ3v) is 5.97. The van der Waals surface area contributed by atoms with Crippen molar-refractivity contribution in [1.82, 2.24) is 25.7 Å². The highest BCUT2D eigenvalue weighted by Gasteiger charge is 2.48. The van der Waals surface area contributed by atoms with Gasteiger partial charge in [-0.2, -0.15) is 4.98 Å². The van der Waals surface area contributed by atoms with Crippen molar-refractivity contribution < 1.29 is 24.0 Å². The normalized spacial score (nSPS) is 16.1. The van der Waals surface area contributed by atoms with Gasteiger partial charge in [0.2, 0.25) is 11.7 Å². The minimum atomic E-state index is -1.06. The highest BCUT2D eigenvalue weighted by molar-refractivity contribution is 6.60. The largest absolute Gasteiger partial charge is 0.494 e. The Hall–Kier alpha value is -3.87. The van der Waals surface area contributed by atoms with Crippen molar-refractivity contribution in [2.75, 3.05) is 17.7 Å². The summed E-state index contributed by atoms with van der Waals surface area (Å²) in [7, 11) is 7.08. The number of amides is 2. The van der Waals surface area contributed by atoms with Crippen LogP contribution >= 0.6 is 0 Å². The molecule has 2 saturated carbocycles. The van der Waals surface area contributed by atoms with Crippen molar-refractivity contribution in [3.63, 3.8) is 0 Å². The molecule has 2 heterocycles. The Labute approximate surface area is 215 Å². The van der Waals surface area contributed by atoms with Gasteiger partial charge in [-0.25, -0.2) is 0 Å². The summed E-state index contributed by atoms with van der Waals surface area (Å²) in [5, 5.41) is 30.8. The first-order chi connectivity index (χ1) is 17.6. The lowest BCUT2D eigenvalue weighted by molar-refractivity contribution is -0.117. The fourth-order valence-electron chi connectivity index (χ4n) is 3.72. The number of anilines is 3. The molecule has 0 atom stereocenters. The molecule has 0 radical (unpaired) electrons. The zero-order valence-electron chi connectivity index (χ0n) is 21.1. The highest BCUT2D eigenvalue weighted by Crippen LogP contribution is 2.45. The third-order valence-electron chi connectivity index (χ3n) is 5.97. The molecule has 2 amide bonds. The molecule has 2 aliphatic carbocycles. The Morgan fingerprint density at radius 2 is 1.95 bits per heavy atom. The maximum Gasteiger partial charge on any atom is 0.272 e. The van der Waals surface area contributed by atoms with Crippen molar-refractivity contribution in [2.24, 2.45) is 5.92 Å². The molecule has 0 aliphatic heterocycles. The van der Waals surface area contributed by atoms with E-state index < -0.39 is 16.7 Å². The van der Waals surface area contributed by atoms with E-state index in [9.17, 15) is 14.7 Å². The molecule has 2 aromatic heterocycles. The van der Waals surface area contributed by atoms with E-state index in [2.05, 4.69) is 36.3 Å². The number of carbonyl (C=O) groups excluding carboxylic acids is 2. The first kappa shape index (κ1) is 24.8. The molecule has 3 aromatic rings. The van der Waals surface area contributed by atoms with E-state index in [4.69, 9.17) is 9.26 Å². The van der Waals surface area contributed by atoms with E-state index in [1.165, 1.54) is 7.11 Å². The molecule has 0 spiro atoms. The monoisotopic (exact) mass is 501 g/mol. The zero-order chi connectivity index (χ0) is 26.4.